The van der Waals surface area contributed by atoms with Crippen molar-refractivity contribution in [2.24, 2.45) is 0 Å². The molecule has 28 heavy (non-hydrogen) atoms. The summed E-state index contributed by atoms with van der Waals surface area (Å²) in [5, 5.41) is 1.31. The second-order valence-electron chi connectivity index (χ2n) is 7.67. The van der Waals surface area contributed by atoms with Crippen LogP contribution >= 0.6 is 11.3 Å². The van der Waals surface area contributed by atoms with Gasteiger partial charge in [-0.15, -0.1) is 11.3 Å². The van der Waals surface area contributed by atoms with E-state index in [-0.39, 0.29) is 5.78 Å². The fourth-order valence-electron chi connectivity index (χ4n) is 4.40. The van der Waals surface area contributed by atoms with Gasteiger partial charge in [-0.1, -0.05) is 0 Å². The number of carbonyl (C=O) groups is 1. The molecule has 2 aliphatic rings. The van der Waals surface area contributed by atoms with Crippen LogP contribution in [0.2, 0.25) is 0 Å². The molecule has 3 heterocycles. The first-order valence-electron chi connectivity index (χ1n) is 10.1. The minimum absolute atomic E-state index is 0.114. The largest absolute Gasteiger partial charge is 0.368 e. The van der Waals surface area contributed by atoms with E-state index in [9.17, 15) is 4.79 Å². The Morgan fingerprint density at radius 3 is 2.43 bits per heavy atom. The summed E-state index contributed by atoms with van der Waals surface area (Å²) in [7, 11) is 0. The van der Waals surface area contributed by atoms with Crippen molar-refractivity contribution in [1.82, 2.24) is 9.97 Å². The monoisotopic (exact) mass is 392 g/mol. The van der Waals surface area contributed by atoms with Crippen LogP contribution in [0, 0.1) is 0 Å². The van der Waals surface area contributed by atoms with Gasteiger partial charge in [-0.2, -0.15) is 0 Å². The van der Waals surface area contributed by atoms with Crippen molar-refractivity contribution >= 4 is 38.8 Å². The van der Waals surface area contributed by atoms with Crippen molar-refractivity contribution in [2.45, 2.75) is 32.6 Å². The van der Waals surface area contributed by atoms with Crippen LogP contribution in [0.3, 0.4) is 0 Å². The minimum atomic E-state index is 0.114. The van der Waals surface area contributed by atoms with Crippen LogP contribution in [0.1, 0.15) is 40.6 Å². The Hall–Kier alpha value is -2.47. The average Bonchev–Trinajstić information content (AvgIpc) is 3.13. The third kappa shape index (κ3) is 3.05. The van der Waals surface area contributed by atoms with E-state index in [0.717, 1.165) is 48.8 Å². The zero-order valence-corrected chi connectivity index (χ0v) is 17.0. The Kier molecular flexibility index (Phi) is 4.51. The molecular weight excluding hydrogens is 368 g/mol. The normalized spacial score (nSPS) is 17.0. The highest BCUT2D eigenvalue weighted by atomic mass is 32.1. The highest BCUT2D eigenvalue weighted by molar-refractivity contribution is 7.19. The standard InChI is InChI=1S/C22H24N4OS/c1-15(27)16-6-8-17(9-7-16)25-10-12-26(13-11-25)21-20-18-4-2-3-5-19(18)28-22(20)24-14-23-21/h6-9,14H,2-5,10-13H2,1H3. The zero-order valence-electron chi connectivity index (χ0n) is 16.1. The van der Waals surface area contributed by atoms with Crippen molar-refractivity contribution in [1.29, 1.82) is 0 Å². The van der Waals surface area contributed by atoms with Crippen molar-refractivity contribution < 1.29 is 4.79 Å². The summed E-state index contributed by atoms with van der Waals surface area (Å²) in [4.78, 5) is 28.2. The van der Waals surface area contributed by atoms with E-state index in [0.29, 0.717) is 0 Å². The number of Topliss-reactive ketones (excluding diaryl/α,β-unsaturated/α-hetero) is 1. The molecule has 0 atom stereocenters. The first-order valence-corrected chi connectivity index (χ1v) is 10.9. The van der Waals surface area contributed by atoms with Crippen LogP contribution in [0.25, 0.3) is 10.2 Å². The number of benzene rings is 1. The molecule has 0 N–H and O–H groups in total. The molecule has 0 unspecified atom stereocenters. The quantitative estimate of drug-likeness (QED) is 0.628. The second-order valence-corrected chi connectivity index (χ2v) is 8.75. The number of nitrogens with zero attached hydrogens (tertiary/aromatic N) is 4. The van der Waals surface area contributed by atoms with Gasteiger partial charge in [0.25, 0.3) is 0 Å². The molecule has 5 nitrogen and oxygen atoms in total. The van der Waals surface area contributed by atoms with E-state index in [1.165, 1.54) is 40.8 Å². The summed E-state index contributed by atoms with van der Waals surface area (Å²) in [6.45, 7) is 5.42. The molecule has 0 radical (unpaired) electrons. The molecule has 1 saturated heterocycles. The molecule has 1 aromatic carbocycles. The average molecular weight is 393 g/mol. The Bertz CT molecular complexity index is 1020. The molecule has 1 aliphatic carbocycles. The number of carbonyl (C=O) groups excluding carboxylic acids is 1. The number of aryl methyl sites for hydroxylation is 2. The number of ketones is 1. The SMILES string of the molecule is CC(=O)c1ccc(N2CCN(c3ncnc4sc5c(c34)CCCC5)CC2)cc1. The number of fused-ring (bicyclic) bond motifs is 3. The van der Waals surface area contributed by atoms with Gasteiger partial charge in [0.15, 0.2) is 5.78 Å². The number of hydrogen-bond acceptors (Lipinski definition) is 6. The van der Waals surface area contributed by atoms with Crippen LogP contribution in [0.5, 0.6) is 0 Å². The zero-order chi connectivity index (χ0) is 19.1. The second kappa shape index (κ2) is 7.17. The van der Waals surface area contributed by atoms with Gasteiger partial charge in [0.2, 0.25) is 0 Å². The molecule has 0 amide bonds. The summed E-state index contributed by atoms with van der Waals surface area (Å²) >= 11 is 1.86. The third-order valence-electron chi connectivity index (χ3n) is 5.95. The lowest BCUT2D eigenvalue weighted by atomic mass is 9.97. The van der Waals surface area contributed by atoms with E-state index in [4.69, 9.17) is 4.98 Å². The summed E-state index contributed by atoms with van der Waals surface area (Å²) in [6, 6.07) is 7.97. The summed E-state index contributed by atoms with van der Waals surface area (Å²) in [6.07, 6.45) is 6.66. The fraction of sp³-hybridized carbons (Fsp3) is 0.409. The molecule has 5 rings (SSSR count). The topological polar surface area (TPSA) is 49.3 Å². The Morgan fingerprint density at radius 1 is 0.964 bits per heavy atom. The molecular formula is C22H24N4OS. The number of thiophene rings is 1. The Balaban J connectivity index is 1.37. The lowest BCUT2D eigenvalue weighted by Gasteiger charge is -2.37. The number of hydrogen-bond donors (Lipinski definition) is 0. The Morgan fingerprint density at radius 2 is 1.68 bits per heavy atom. The van der Waals surface area contributed by atoms with E-state index < -0.39 is 0 Å². The molecule has 0 saturated carbocycles. The summed E-state index contributed by atoms with van der Waals surface area (Å²) < 4.78 is 0. The van der Waals surface area contributed by atoms with Crippen molar-refractivity contribution in [3.8, 4) is 0 Å². The van der Waals surface area contributed by atoms with Crippen molar-refractivity contribution in [3.63, 3.8) is 0 Å². The first kappa shape index (κ1) is 17.6. The molecule has 0 bridgehead atoms. The van der Waals surface area contributed by atoms with Crippen LogP contribution in [0.15, 0.2) is 30.6 Å². The lowest BCUT2D eigenvalue weighted by molar-refractivity contribution is 0.101. The van der Waals surface area contributed by atoms with Gasteiger partial charge in [-0.25, -0.2) is 9.97 Å². The fourth-order valence-corrected chi connectivity index (χ4v) is 5.62. The number of rotatable bonds is 3. The number of aromatic nitrogens is 2. The van der Waals surface area contributed by atoms with Gasteiger partial charge in [0, 0.05) is 42.3 Å². The van der Waals surface area contributed by atoms with Gasteiger partial charge < -0.3 is 9.80 Å². The number of piperazine rings is 1. The molecule has 3 aromatic rings. The molecule has 144 valence electrons. The molecule has 0 spiro atoms. The Labute approximate surface area is 169 Å². The smallest absolute Gasteiger partial charge is 0.159 e. The van der Waals surface area contributed by atoms with Crippen LogP contribution in [0.4, 0.5) is 11.5 Å². The third-order valence-corrected chi connectivity index (χ3v) is 7.15. The molecule has 1 aliphatic heterocycles. The number of anilines is 2. The van der Waals surface area contributed by atoms with Gasteiger partial charge in [0.05, 0.1) is 5.39 Å². The lowest BCUT2D eigenvalue weighted by Crippen LogP contribution is -2.47. The predicted molar refractivity (Wildman–Crippen MR) is 115 cm³/mol. The van der Waals surface area contributed by atoms with Gasteiger partial charge in [0.1, 0.15) is 17.0 Å². The maximum Gasteiger partial charge on any atom is 0.159 e. The maximum absolute atomic E-state index is 11.5. The van der Waals surface area contributed by atoms with E-state index >= 15 is 0 Å². The molecule has 2 aromatic heterocycles. The minimum Gasteiger partial charge on any atom is -0.368 e. The highest BCUT2D eigenvalue weighted by Gasteiger charge is 2.25. The van der Waals surface area contributed by atoms with Crippen LogP contribution < -0.4 is 9.80 Å². The molecule has 6 heteroatoms. The first-order chi connectivity index (χ1) is 13.7. The van der Waals surface area contributed by atoms with E-state index in [1.54, 1.807) is 13.3 Å². The highest BCUT2D eigenvalue weighted by Crippen LogP contribution is 2.39. The van der Waals surface area contributed by atoms with Crippen molar-refractivity contribution in [3.05, 3.63) is 46.6 Å². The summed E-state index contributed by atoms with van der Waals surface area (Å²) in [5.74, 6) is 1.24. The predicted octanol–water partition coefficient (Wildman–Crippen LogP) is 4.10. The van der Waals surface area contributed by atoms with Gasteiger partial charge >= 0.3 is 0 Å². The van der Waals surface area contributed by atoms with Crippen LogP contribution in [-0.4, -0.2) is 41.9 Å². The van der Waals surface area contributed by atoms with Gasteiger partial charge in [-0.3, -0.25) is 4.79 Å². The van der Waals surface area contributed by atoms with Crippen molar-refractivity contribution in [2.75, 3.05) is 36.0 Å². The van der Waals surface area contributed by atoms with Crippen LogP contribution in [-0.2, 0) is 12.8 Å². The van der Waals surface area contributed by atoms with Gasteiger partial charge in [-0.05, 0) is 62.4 Å². The van der Waals surface area contributed by atoms with E-state index in [2.05, 4.69) is 26.9 Å². The van der Waals surface area contributed by atoms with E-state index in [1.807, 2.05) is 23.5 Å². The molecule has 1 fully saturated rings. The summed E-state index contributed by atoms with van der Waals surface area (Å²) in [5.41, 5.74) is 3.46. The maximum atomic E-state index is 11.5.